The first kappa shape index (κ1) is 34.9. The van der Waals surface area contributed by atoms with Gasteiger partial charge >= 0.3 is 12.1 Å². The maximum absolute atomic E-state index is 12.6. The number of aryl methyl sites for hydroxylation is 4. The zero-order valence-corrected chi connectivity index (χ0v) is 26.2. The average Bonchev–Trinajstić information content (AvgIpc) is 3.31. The fourth-order valence-corrected chi connectivity index (χ4v) is 5.22. The largest absolute Gasteiger partial charge is 0.744 e. The van der Waals surface area contributed by atoms with Crippen molar-refractivity contribution in [3.63, 3.8) is 0 Å². The molecule has 42 heavy (non-hydrogen) atoms. The summed E-state index contributed by atoms with van der Waals surface area (Å²) in [5, 5.41) is 0. The molecular formula is C28H41N4O9S-. The van der Waals surface area contributed by atoms with Crippen LogP contribution >= 0.6 is 0 Å². The summed E-state index contributed by atoms with van der Waals surface area (Å²) in [6, 6.07) is 11.8. The van der Waals surface area contributed by atoms with Crippen molar-refractivity contribution >= 4 is 22.2 Å². The van der Waals surface area contributed by atoms with Crippen LogP contribution in [0, 0.1) is 27.7 Å². The number of urea groups is 2. The summed E-state index contributed by atoms with van der Waals surface area (Å²) < 4.78 is 51.6. The highest BCUT2D eigenvalue weighted by Gasteiger charge is 2.59. The standard InChI is InChI=1S/C12H22N4O6.C9H12.C7H8O3S/c1-19-5-13-9-10(15(7-21-3)11(13)17)16(8-22-4)12(18)14(9)6-20-2;1-7-4-8(2)6-9(3)5-7;1-6-2-4-7(5-3-6)11(8,9)10/h9-10H,5-8H2,1-4H3;4-6H,1-3H3;2-5H,1H3,(H,8,9,10)/p-1. The second-order valence-electron chi connectivity index (χ2n) is 9.87. The molecule has 2 aliphatic heterocycles. The van der Waals surface area contributed by atoms with Crippen molar-refractivity contribution in [1.29, 1.82) is 0 Å². The number of methoxy groups -OCH3 is 4. The maximum atomic E-state index is 12.6. The Labute approximate surface area is 248 Å². The SMILES string of the molecule is COCN1C(=O)N(COC)C2C1N(COC)C(=O)N2COC.Cc1cc(C)cc(C)c1.Cc1ccc(S(=O)(=O)[O-])cc1. The van der Waals surface area contributed by atoms with E-state index in [-0.39, 0.29) is 43.9 Å². The van der Waals surface area contributed by atoms with Crippen LogP contribution in [-0.4, -0.2) is 112 Å². The minimum atomic E-state index is -4.27. The van der Waals surface area contributed by atoms with Gasteiger partial charge in [0.2, 0.25) is 0 Å². The van der Waals surface area contributed by atoms with Crippen LogP contribution in [0.25, 0.3) is 0 Å². The van der Waals surface area contributed by atoms with Crippen LogP contribution in [0.1, 0.15) is 22.3 Å². The van der Waals surface area contributed by atoms with Gasteiger partial charge < -0.3 is 23.5 Å². The molecule has 0 spiro atoms. The Morgan fingerprint density at radius 3 is 1.12 bits per heavy atom. The molecule has 2 heterocycles. The van der Waals surface area contributed by atoms with Crippen LogP contribution in [0.15, 0.2) is 47.4 Å². The summed E-state index contributed by atoms with van der Waals surface area (Å²) in [5.74, 6) is 0. The molecule has 0 N–H and O–H groups in total. The van der Waals surface area contributed by atoms with E-state index in [1.54, 1.807) is 12.1 Å². The van der Waals surface area contributed by atoms with E-state index in [2.05, 4.69) is 39.0 Å². The molecule has 0 unspecified atom stereocenters. The molecule has 0 bridgehead atoms. The summed E-state index contributed by atoms with van der Waals surface area (Å²) in [5.41, 5.74) is 4.99. The highest BCUT2D eigenvalue weighted by Crippen LogP contribution is 2.34. The van der Waals surface area contributed by atoms with Crippen molar-refractivity contribution in [1.82, 2.24) is 19.6 Å². The Bertz CT molecular complexity index is 1170. The van der Waals surface area contributed by atoms with Gasteiger partial charge in [0.05, 0.1) is 4.90 Å². The summed E-state index contributed by atoms with van der Waals surface area (Å²) >= 11 is 0. The zero-order chi connectivity index (χ0) is 31.6. The molecule has 14 heteroatoms. The minimum Gasteiger partial charge on any atom is -0.744 e. The van der Waals surface area contributed by atoms with Gasteiger partial charge in [-0.05, 0) is 39.8 Å². The third kappa shape index (κ3) is 8.86. The van der Waals surface area contributed by atoms with Gasteiger partial charge in [-0.3, -0.25) is 19.6 Å². The lowest BCUT2D eigenvalue weighted by molar-refractivity contribution is -0.0135. The van der Waals surface area contributed by atoms with Gasteiger partial charge in [0.15, 0.2) is 12.3 Å². The highest BCUT2D eigenvalue weighted by atomic mass is 32.2. The predicted octanol–water partition coefficient (Wildman–Crippen LogP) is 3.04. The van der Waals surface area contributed by atoms with Gasteiger partial charge in [-0.1, -0.05) is 52.6 Å². The van der Waals surface area contributed by atoms with Gasteiger partial charge in [-0.25, -0.2) is 18.0 Å². The van der Waals surface area contributed by atoms with Crippen molar-refractivity contribution in [3.8, 4) is 0 Å². The van der Waals surface area contributed by atoms with Gasteiger partial charge in [0, 0.05) is 28.4 Å². The van der Waals surface area contributed by atoms with Crippen LogP contribution < -0.4 is 0 Å². The first-order valence-corrected chi connectivity index (χ1v) is 14.4. The molecule has 4 amide bonds. The van der Waals surface area contributed by atoms with E-state index in [0.29, 0.717) is 0 Å². The molecule has 2 fully saturated rings. The van der Waals surface area contributed by atoms with Crippen molar-refractivity contribution in [2.45, 2.75) is 44.9 Å². The van der Waals surface area contributed by atoms with Crippen LogP contribution in [0.4, 0.5) is 9.59 Å². The molecular weight excluding hydrogens is 568 g/mol. The Morgan fingerprint density at radius 2 is 0.881 bits per heavy atom. The lowest BCUT2D eigenvalue weighted by Crippen LogP contribution is -2.48. The van der Waals surface area contributed by atoms with Gasteiger partial charge in [-0.15, -0.1) is 0 Å². The second kappa shape index (κ2) is 15.8. The Kier molecular flexibility index (Phi) is 13.2. The molecule has 0 atom stereocenters. The van der Waals surface area contributed by atoms with E-state index in [0.717, 1.165) is 5.56 Å². The normalized spacial score (nSPS) is 18.0. The molecule has 2 aliphatic rings. The molecule has 0 radical (unpaired) electrons. The number of carbonyl (C=O) groups excluding carboxylic acids is 2. The van der Waals surface area contributed by atoms with Crippen molar-refractivity contribution in [2.75, 3.05) is 55.4 Å². The number of hydrogen-bond acceptors (Lipinski definition) is 9. The minimum absolute atomic E-state index is 0.0640. The van der Waals surface area contributed by atoms with Crippen LogP contribution in [-0.2, 0) is 29.1 Å². The number of rotatable bonds is 9. The van der Waals surface area contributed by atoms with Gasteiger partial charge in [0.1, 0.15) is 37.0 Å². The number of amides is 4. The van der Waals surface area contributed by atoms with Crippen LogP contribution in [0.2, 0.25) is 0 Å². The molecule has 0 aliphatic carbocycles. The predicted molar refractivity (Wildman–Crippen MR) is 153 cm³/mol. The van der Waals surface area contributed by atoms with Crippen LogP contribution in [0.5, 0.6) is 0 Å². The first-order valence-electron chi connectivity index (χ1n) is 13.0. The summed E-state index contributed by atoms with van der Waals surface area (Å²) in [6.45, 7) is 8.45. The lowest BCUT2D eigenvalue weighted by atomic mass is 10.1. The topological polar surface area (TPSA) is 141 Å². The van der Waals surface area contributed by atoms with E-state index >= 15 is 0 Å². The van der Waals surface area contributed by atoms with E-state index in [9.17, 15) is 22.6 Å². The van der Waals surface area contributed by atoms with E-state index in [1.165, 1.54) is 76.9 Å². The molecule has 0 aromatic heterocycles. The third-order valence-electron chi connectivity index (χ3n) is 6.28. The van der Waals surface area contributed by atoms with Gasteiger partial charge in [0.25, 0.3) is 0 Å². The zero-order valence-electron chi connectivity index (χ0n) is 25.4. The number of nitrogens with zero attached hydrogens (tertiary/aromatic N) is 4. The van der Waals surface area contributed by atoms with Crippen molar-refractivity contribution in [2.24, 2.45) is 0 Å². The lowest BCUT2D eigenvalue weighted by Gasteiger charge is -2.28. The van der Waals surface area contributed by atoms with E-state index in [4.69, 9.17) is 18.9 Å². The Balaban J connectivity index is 0.000000255. The summed E-state index contributed by atoms with van der Waals surface area (Å²) in [6.07, 6.45) is -1.05. The third-order valence-corrected chi connectivity index (χ3v) is 7.12. The average molecular weight is 610 g/mol. The molecule has 2 aromatic rings. The second-order valence-corrected chi connectivity index (χ2v) is 11.3. The number of carbonyl (C=O) groups is 2. The summed E-state index contributed by atoms with van der Waals surface area (Å²) in [4.78, 5) is 30.8. The monoisotopic (exact) mass is 609 g/mol. The van der Waals surface area contributed by atoms with E-state index in [1.807, 2.05) is 6.92 Å². The first-order chi connectivity index (χ1) is 19.8. The maximum Gasteiger partial charge on any atom is 0.327 e. The molecule has 0 saturated carbocycles. The van der Waals surface area contributed by atoms with E-state index < -0.39 is 22.4 Å². The van der Waals surface area contributed by atoms with Gasteiger partial charge in [-0.2, -0.15) is 0 Å². The molecule has 2 saturated heterocycles. The van der Waals surface area contributed by atoms with Crippen molar-refractivity contribution in [3.05, 3.63) is 64.7 Å². The molecule has 234 valence electrons. The smallest absolute Gasteiger partial charge is 0.327 e. The Hall–Kier alpha value is -3.27. The molecule has 2 aromatic carbocycles. The highest BCUT2D eigenvalue weighted by molar-refractivity contribution is 7.85. The fraction of sp³-hybridized carbons (Fsp3) is 0.500. The Morgan fingerprint density at radius 1 is 0.595 bits per heavy atom. The van der Waals surface area contributed by atoms with Crippen molar-refractivity contribution < 1.29 is 41.5 Å². The van der Waals surface area contributed by atoms with Crippen LogP contribution in [0.3, 0.4) is 0 Å². The quantitative estimate of drug-likeness (QED) is 0.392. The number of hydrogen-bond donors (Lipinski definition) is 0. The number of benzene rings is 2. The fourth-order valence-electron chi connectivity index (χ4n) is 4.75. The number of fused-ring (bicyclic) bond motifs is 1. The molecule has 13 nitrogen and oxygen atoms in total. The number of ether oxygens (including phenoxy) is 4. The summed E-state index contributed by atoms with van der Waals surface area (Å²) in [7, 11) is 1.70. The molecule has 4 rings (SSSR count).